The smallest absolute Gasteiger partial charge is 0.251 e. The lowest BCUT2D eigenvalue weighted by atomic mass is 10.1. The van der Waals surface area contributed by atoms with Crippen LogP contribution in [0.15, 0.2) is 60.8 Å². The summed E-state index contributed by atoms with van der Waals surface area (Å²) < 4.78 is 22.6. The number of benzene rings is 2. The lowest BCUT2D eigenvalue weighted by Crippen LogP contribution is -2.32. The third-order valence-electron chi connectivity index (χ3n) is 6.44. The molecule has 1 aliphatic carbocycles. The van der Waals surface area contributed by atoms with Crippen LogP contribution in [0.4, 0.5) is 10.1 Å². The number of morpholine rings is 1. The summed E-state index contributed by atoms with van der Waals surface area (Å²) in [5.74, 6) is -0.197. The van der Waals surface area contributed by atoms with Crippen LogP contribution >= 0.6 is 12.8 Å². The largest absolute Gasteiger partial charge is 0.379 e. The van der Waals surface area contributed by atoms with Crippen molar-refractivity contribution in [2.24, 2.45) is 0 Å². The van der Waals surface area contributed by atoms with Crippen molar-refractivity contribution in [3.8, 4) is 11.3 Å². The van der Waals surface area contributed by atoms with Crippen LogP contribution in [0.3, 0.4) is 0 Å². The van der Waals surface area contributed by atoms with Crippen molar-refractivity contribution in [2.45, 2.75) is 32.7 Å². The second-order valence-electron chi connectivity index (χ2n) is 9.68. The molecule has 2 aromatic heterocycles. The molecule has 0 bridgehead atoms. The van der Waals surface area contributed by atoms with Gasteiger partial charge in [0.1, 0.15) is 5.82 Å². The second-order valence-corrected chi connectivity index (χ2v) is 9.90. The van der Waals surface area contributed by atoms with E-state index in [4.69, 9.17) is 4.74 Å². The van der Waals surface area contributed by atoms with Gasteiger partial charge in [0, 0.05) is 30.3 Å². The zero-order chi connectivity index (χ0) is 27.8. The molecule has 2 aromatic carbocycles. The van der Waals surface area contributed by atoms with E-state index in [1.165, 1.54) is 12.1 Å². The molecule has 2 fully saturated rings. The van der Waals surface area contributed by atoms with Crippen LogP contribution in [0.1, 0.15) is 34.5 Å². The minimum atomic E-state index is -0.267. The van der Waals surface area contributed by atoms with Crippen LogP contribution in [0, 0.1) is 19.7 Å². The molecule has 2 aliphatic rings. The Morgan fingerprint density at radius 3 is 2.36 bits per heavy atom. The van der Waals surface area contributed by atoms with Crippen LogP contribution in [0.5, 0.6) is 0 Å². The molecule has 4 aromatic rings. The molecule has 1 saturated heterocycles. The molecule has 0 radical (unpaired) electrons. The maximum atomic E-state index is 13.0. The van der Waals surface area contributed by atoms with Crippen molar-refractivity contribution in [1.29, 1.82) is 0 Å². The summed E-state index contributed by atoms with van der Waals surface area (Å²) in [6, 6.07) is 16.2. The van der Waals surface area contributed by atoms with Crippen LogP contribution in [0.2, 0.25) is 0 Å². The molecular weight excluding hydrogens is 515 g/mol. The molecule has 0 atom stereocenters. The number of amides is 1. The van der Waals surface area contributed by atoms with Crippen LogP contribution in [-0.4, -0.2) is 64.8 Å². The number of aryl methyl sites for hydroxylation is 2. The number of rotatable bonds is 4. The zero-order valence-electron chi connectivity index (χ0n) is 22.5. The topological polar surface area (TPSA) is 83.8 Å². The Balaban J connectivity index is 0.000000152. The van der Waals surface area contributed by atoms with Gasteiger partial charge in [-0.3, -0.25) is 4.79 Å². The number of fused-ring (bicyclic) bond motifs is 1. The van der Waals surface area contributed by atoms with Crippen molar-refractivity contribution in [2.75, 3.05) is 38.1 Å². The fourth-order valence-corrected chi connectivity index (χ4v) is 4.06. The van der Waals surface area contributed by atoms with Crippen LogP contribution in [0.25, 0.3) is 16.9 Å². The maximum absolute atomic E-state index is 13.0. The predicted molar refractivity (Wildman–Crippen MR) is 156 cm³/mol. The third-order valence-corrected chi connectivity index (χ3v) is 6.68. The first-order valence-electron chi connectivity index (χ1n) is 13.0. The summed E-state index contributed by atoms with van der Waals surface area (Å²) in [4.78, 5) is 18.1. The Hall–Kier alpha value is -3.47. The van der Waals surface area contributed by atoms with E-state index in [1.54, 1.807) is 22.8 Å². The standard InChI is InChI=1S/C13H11FN4S.C11H13NO.C5H11NO/c1-8-7-15-13-12(17-19)6-11(16-18(8)13)9-2-4-10(14)5-3-9;1-8-4-2-3-5-10(8)11(13)12-9-6-7-9;1-6-2-4-7-5-3-6/h2-7,17,19H,1H3;2-5,9H,6-7H2,1H3,(H,12,13);2-5H2,1H3. The Morgan fingerprint density at radius 2 is 1.77 bits per heavy atom. The molecule has 8 nitrogen and oxygen atoms in total. The summed E-state index contributed by atoms with van der Waals surface area (Å²) in [6.07, 6.45) is 4.01. The van der Waals surface area contributed by atoms with Gasteiger partial charge in [-0.05, 0) is 75.7 Å². The first-order valence-corrected chi connectivity index (χ1v) is 13.4. The van der Waals surface area contributed by atoms with E-state index >= 15 is 0 Å². The molecule has 10 heteroatoms. The number of halogens is 1. The number of carbonyl (C=O) groups excluding carboxylic acids is 1. The minimum absolute atomic E-state index is 0.0700. The van der Waals surface area contributed by atoms with Crippen LogP contribution in [-0.2, 0) is 4.74 Å². The van der Waals surface area contributed by atoms with Gasteiger partial charge in [-0.15, -0.1) is 0 Å². The highest BCUT2D eigenvalue weighted by molar-refractivity contribution is 7.81. The van der Waals surface area contributed by atoms with Crippen molar-refractivity contribution in [3.63, 3.8) is 0 Å². The number of ether oxygens (including phenoxy) is 1. The van der Waals surface area contributed by atoms with E-state index in [1.807, 2.05) is 44.2 Å². The minimum Gasteiger partial charge on any atom is -0.379 e. The van der Waals surface area contributed by atoms with Gasteiger partial charge in [0.2, 0.25) is 0 Å². The van der Waals surface area contributed by atoms with Gasteiger partial charge in [-0.2, -0.15) is 5.10 Å². The third kappa shape index (κ3) is 8.01. The normalized spacial score (nSPS) is 15.0. The van der Waals surface area contributed by atoms with Gasteiger partial charge in [-0.25, -0.2) is 13.9 Å². The number of nitrogens with one attached hydrogen (secondary N) is 2. The van der Waals surface area contributed by atoms with Gasteiger partial charge in [-0.1, -0.05) is 31.0 Å². The van der Waals surface area contributed by atoms with Gasteiger partial charge in [0.25, 0.3) is 5.91 Å². The lowest BCUT2D eigenvalue weighted by molar-refractivity contribution is 0.0503. The fourth-order valence-electron chi connectivity index (χ4n) is 3.90. The number of imidazole rings is 1. The molecule has 3 heterocycles. The van der Waals surface area contributed by atoms with Crippen molar-refractivity contribution < 1.29 is 13.9 Å². The number of hydrogen-bond donors (Lipinski definition) is 3. The van der Waals surface area contributed by atoms with E-state index < -0.39 is 0 Å². The van der Waals surface area contributed by atoms with Crippen molar-refractivity contribution in [1.82, 2.24) is 24.8 Å². The average molecular weight is 551 g/mol. The monoisotopic (exact) mass is 550 g/mol. The first kappa shape index (κ1) is 28.5. The molecule has 1 aliphatic heterocycles. The quantitative estimate of drug-likeness (QED) is 0.313. The number of likely N-dealkylation sites (N-methyl/N-ethyl adjacent to an activating group) is 1. The number of anilines is 1. The zero-order valence-corrected chi connectivity index (χ0v) is 23.4. The molecular formula is C29H35FN6O2S. The van der Waals surface area contributed by atoms with Gasteiger partial charge in [0.15, 0.2) is 5.65 Å². The summed E-state index contributed by atoms with van der Waals surface area (Å²) in [5.41, 5.74) is 5.79. The summed E-state index contributed by atoms with van der Waals surface area (Å²) in [6.45, 7) is 7.90. The number of thiol groups is 1. The molecule has 0 unspecified atom stereocenters. The highest BCUT2D eigenvalue weighted by Crippen LogP contribution is 2.25. The molecule has 206 valence electrons. The lowest BCUT2D eigenvalue weighted by Gasteiger charge is -2.21. The molecule has 1 amide bonds. The Bertz CT molecular complexity index is 1380. The Morgan fingerprint density at radius 1 is 1.08 bits per heavy atom. The molecule has 6 rings (SSSR count). The highest BCUT2D eigenvalue weighted by Gasteiger charge is 2.24. The Labute approximate surface area is 234 Å². The number of hydrogen-bond acceptors (Lipinski definition) is 7. The fraction of sp³-hybridized carbons (Fsp3) is 0.345. The van der Waals surface area contributed by atoms with Gasteiger partial charge >= 0.3 is 0 Å². The van der Waals surface area contributed by atoms with E-state index in [0.717, 1.165) is 72.9 Å². The first-order chi connectivity index (χ1) is 18.9. The van der Waals surface area contributed by atoms with Crippen molar-refractivity contribution >= 4 is 30.1 Å². The summed E-state index contributed by atoms with van der Waals surface area (Å²) >= 11 is 4.08. The van der Waals surface area contributed by atoms with E-state index in [-0.39, 0.29) is 11.7 Å². The van der Waals surface area contributed by atoms with E-state index in [9.17, 15) is 9.18 Å². The second kappa shape index (κ2) is 13.5. The molecule has 1 saturated carbocycles. The predicted octanol–water partition coefficient (Wildman–Crippen LogP) is 4.94. The number of carbonyl (C=O) groups is 1. The van der Waals surface area contributed by atoms with E-state index in [0.29, 0.717) is 11.7 Å². The van der Waals surface area contributed by atoms with E-state index in [2.05, 4.69) is 44.9 Å². The number of aromatic nitrogens is 3. The molecule has 2 N–H and O–H groups in total. The highest BCUT2D eigenvalue weighted by atomic mass is 32.1. The maximum Gasteiger partial charge on any atom is 0.251 e. The number of nitrogens with zero attached hydrogens (tertiary/aromatic N) is 4. The Kier molecular flexibility index (Phi) is 9.91. The van der Waals surface area contributed by atoms with Crippen LogP contribution < -0.4 is 10.0 Å². The van der Waals surface area contributed by atoms with Gasteiger partial charge < -0.3 is 19.7 Å². The molecule has 39 heavy (non-hydrogen) atoms. The summed E-state index contributed by atoms with van der Waals surface area (Å²) in [7, 11) is 2.11. The summed E-state index contributed by atoms with van der Waals surface area (Å²) in [5, 5.41) is 7.47. The average Bonchev–Trinajstić information content (AvgIpc) is 3.69. The molecule has 0 spiro atoms. The SMILES string of the molecule is CN1CCOCC1.Cc1ccccc1C(=O)NC1CC1.Cc1cnc2c(NS)cc(-c3ccc(F)cc3)nn12. The van der Waals surface area contributed by atoms with Gasteiger partial charge in [0.05, 0.1) is 36.5 Å². The van der Waals surface area contributed by atoms with Crippen molar-refractivity contribution in [3.05, 3.63) is 83.4 Å².